The standard InChI is InChI=1S/C16H19N3O/c1-16(11-17,13-6-7-13)18-15(20)10-19-9-8-12-4-2-3-5-14(12)19/h2-5,13H,6-10H2,1H3,(H,18,20)/t16-/m0/s1. The lowest BCUT2D eigenvalue weighted by atomic mass is 9.98. The number of para-hydroxylation sites is 1. The fourth-order valence-electron chi connectivity index (χ4n) is 2.96. The van der Waals surface area contributed by atoms with Crippen molar-refractivity contribution in [2.75, 3.05) is 18.0 Å². The molecule has 1 heterocycles. The van der Waals surface area contributed by atoms with Gasteiger partial charge in [0, 0.05) is 12.2 Å². The molecule has 20 heavy (non-hydrogen) atoms. The van der Waals surface area contributed by atoms with Gasteiger partial charge in [0.15, 0.2) is 0 Å². The van der Waals surface area contributed by atoms with Crippen LogP contribution in [0.2, 0.25) is 0 Å². The van der Waals surface area contributed by atoms with Gasteiger partial charge >= 0.3 is 0 Å². The maximum absolute atomic E-state index is 12.2. The minimum absolute atomic E-state index is 0.0577. The van der Waals surface area contributed by atoms with Crippen LogP contribution in [0, 0.1) is 17.2 Å². The van der Waals surface area contributed by atoms with E-state index in [1.807, 2.05) is 19.1 Å². The number of nitriles is 1. The number of rotatable bonds is 4. The Labute approximate surface area is 119 Å². The minimum Gasteiger partial charge on any atom is -0.362 e. The fraction of sp³-hybridized carbons (Fsp3) is 0.500. The van der Waals surface area contributed by atoms with Crippen LogP contribution in [0.25, 0.3) is 0 Å². The number of hydrogen-bond acceptors (Lipinski definition) is 3. The Balaban J connectivity index is 1.64. The first-order valence-electron chi connectivity index (χ1n) is 7.17. The number of carbonyl (C=O) groups excluding carboxylic acids is 1. The van der Waals surface area contributed by atoms with Gasteiger partial charge in [0.05, 0.1) is 12.6 Å². The molecule has 4 nitrogen and oxygen atoms in total. The molecule has 0 radical (unpaired) electrons. The molecule has 1 amide bonds. The lowest BCUT2D eigenvalue weighted by Crippen LogP contribution is -2.50. The number of hydrogen-bond donors (Lipinski definition) is 1. The van der Waals surface area contributed by atoms with E-state index in [1.54, 1.807) is 0 Å². The van der Waals surface area contributed by atoms with Crippen molar-refractivity contribution in [1.82, 2.24) is 5.32 Å². The van der Waals surface area contributed by atoms with Crippen LogP contribution < -0.4 is 10.2 Å². The molecule has 1 aliphatic heterocycles. The zero-order chi connectivity index (χ0) is 14.2. The van der Waals surface area contributed by atoms with Crippen LogP contribution in [-0.2, 0) is 11.2 Å². The van der Waals surface area contributed by atoms with Crippen LogP contribution in [-0.4, -0.2) is 24.5 Å². The van der Waals surface area contributed by atoms with Gasteiger partial charge in [0.1, 0.15) is 5.54 Å². The summed E-state index contributed by atoms with van der Waals surface area (Å²) in [6.07, 6.45) is 3.06. The average Bonchev–Trinajstić information content (AvgIpc) is 3.23. The van der Waals surface area contributed by atoms with Crippen molar-refractivity contribution in [3.05, 3.63) is 29.8 Å². The maximum atomic E-state index is 12.2. The van der Waals surface area contributed by atoms with Gasteiger partial charge < -0.3 is 10.2 Å². The summed E-state index contributed by atoms with van der Waals surface area (Å²) < 4.78 is 0. The number of anilines is 1. The number of nitrogens with zero attached hydrogens (tertiary/aromatic N) is 2. The molecule has 1 atom stereocenters. The maximum Gasteiger partial charge on any atom is 0.240 e. The molecule has 0 unspecified atom stereocenters. The molecule has 2 aliphatic rings. The molecule has 0 bridgehead atoms. The summed E-state index contributed by atoms with van der Waals surface area (Å²) in [7, 11) is 0. The first-order valence-corrected chi connectivity index (χ1v) is 7.17. The molecular weight excluding hydrogens is 250 g/mol. The highest BCUT2D eigenvalue weighted by molar-refractivity contribution is 5.83. The average molecular weight is 269 g/mol. The Morgan fingerprint density at radius 3 is 2.95 bits per heavy atom. The molecule has 1 fully saturated rings. The van der Waals surface area contributed by atoms with Gasteiger partial charge in [-0.2, -0.15) is 5.26 Å². The Bertz CT molecular complexity index is 573. The van der Waals surface area contributed by atoms with Crippen molar-refractivity contribution in [2.24, 2.45) is 5.92 Å². The smallest absolute Gasteiger partial charge is 0.240 e. The molecule has 3 rings (SSSR count). The van der Waals surface area contributed by atoms with E-state index in [0.717, 1.165) is 31.5 Å². The van der Waals surface area contributed by atoms with Gasteiger partial charge in [-0.1, -0.05) is 18.2 Å². The molecular formula is C16H19N3O. The Morgan fingerprint density at radius 1 is 1.50 bits per heavy atom. The SMILES string of the molecule is C[C@@](C#N)(NC(=O)CN1CCc2ccccc21)C1CC1. The summed E-state index contributed by atoms with van der Waals surface area (Å²) >= 11 is 0. The number of nitrogens with one attached hydrogen (secondary N) is 1. The van der Waals surface area contributed by atoms with Gasteiger partial charge in [0.2, 0.25) is 5.91 Å². The summed E-state index contributed by atoms with van der Waals surface area (Å²) in [5.41, 5.74) is 1.74. The predicted octanol–water partition coefficient (Wildman–Crippen LogP) is 1.86. The van der Waals surface area contributed by atoms with Gasteiger partial charge in [-0.15, -0.1) is 0 Å². The highest BCUT2D eigenvalue weighted by Crippen LogP contribution is 2.39. The first-order chi connectivity index (χ1) is 9.62. The summed E-state index contributed by atoms with van der Waals surface area (Å²) in [5, 5.41) is 12.2. The quantitative estimate of drug-likeness (QED) is 0.907. The molecule has 1 aromatic carbocycles. The summed E-state index contributed by atoms with van der Waals surface area (Å²) in [5.74, 6) is 0.264. The molecule has 1 aromatic rings. The van der Waals surface area contributed by atoms with Crippen LogP contribution in [0.3, 0.4) is 0 Å². The highest BCUT2D eigenvalue weighted by Gasteiger charge is 2.43. The van der Waals surface area contributed by atoms with Crippen molar-refractivity contribution in [3.63, 3.8) is 0 Å². The second-order valence-electron chi connectivity index (χ2n) is 5.94. The lowest BCUT2D eigenvalue weighted by molar-refractivity contribution is -0.121. The van der Waals surface area contributed by atoms with E-state index in [9.17, 15) is 10.1 Å². The van der Waals surface area contributed by atoms with Gasteiger partial charge in [-0.05, 0) is 43.7 Å². The zero-order valence-corrected chi connectivity index (χ0v) is 11.7. The number of carbonyl (C=O) groups is 1. The van der Waals surface area contributed by atoms with E-state index in [-0.39, 0.29) is 5.91 Å². The normalized spacial score (nSPS) is 19.9. The largest absolute Gasteiger partial charge is 0.362 e. The third-order valence-corrected chi connectivity index (χ3v) is 4.34. The van der Waals surface area contributed by atoms with E-state index in [0.29, 0.717) is 12.5 Å². The summed E-state index contributed by atoms with van der Waals surface area (Å²) in [6, 6.07) is 10.5. The Hall–Kier alpha value is -2.02. The molecule has 0 aromatic heterocycles. The van der Waals surface area contributed by atoms with Crippen molar-refractivity contribution < 1.29 is 4.79 Å². The van der Waals surface area contributed by atoms with E-state index >= 15 is 0 Å². The zero-order valence-electron chi connectivity index (χ0n) is 11.7. The van der Waals surface area contributed by atoms with E-state index in [2.05, 4.69) is 28.4 Å². The van der Waals surface area contributed by atoms with Crippen molar-refractivity contribution in [2.45, 2.75) is 31.7 Å². The number of amides is 1. The van der Waals surface area contributed by atoms with E-state index in [4.69, 9.17) is 0 Å². The van der Waals surface area contributed by atoms with E-state index < -0.39 is 5.54 Å². The number of benzene rings is 1. The molecule has 4 heteroatoms. The third kappa shape index (κ3) is 2.36. The van der Waals surface area contributed by atoms with Gasteiger partial charge in [-0.3, -0.25) is 4.79 Å². The predicted molar refractivity (Wildman–Crippen MR) is 77.2 cm³/mol. The van der Waals surface area contributed by atoms with Crippen LogP contribution in [0.4, 0.5) is 5.69 Å². The monoisotopic (exact) mass is 269 g/mol. The minimum atomic E-state index is -0.698. The van der Waals surface area contributed by atoms with Crippen LogP contribution >= 0.6 is 0 Å². The van der Waals surface area contributed by atoms with Crippen LogP contribution in [0.1, 0.15) is 25.3 Å². The topological polar surface area (TPSA) is 56.1 Å². The fourth-order valence-corrected chi connectivity index (χ4v) is 2.96. The van der Waals surface area contributed by atoms with Gasteiger partial charge in [-0.25, -0.2) is 0 Å². The molecule has 1 saturated carbocycles. The second kappa shape index (κ2) is 4.82. The molecule has 0 spiro atoms. The third-order valence-electron chi connectivity index (χ3n) is 4.34. The first kappa shape index (κ1) is 13.0. The second-order valence-corrected chi connectivity index (χ2v) is 5.94. The van der Waals surface area contributed by atoms with Crippen molar-refractivity contribution in [1.29, 1.82) is 5.26 Å². The molecule has 1 aliphatic carbocycles. The molecule has 1 N–H and O–H groups in total. The van der Waals surface area contributed by atoms with Gasteiger partial charge in [0.25, 0.3) is 0 Å². The molecule has 0 saturated heterocycles. The number of fused-ring (bicyclic) bond motifs is 1. The summed E-state index contributed by atoms with van der Waals surface area (Å²) in [4.78, 5) is 14.3. The van der Waals surface area contributed by atoms with E-state index in [1.165, 1.54) is 5.56 Å². The highest BCUT2D eigenvalue weighted by atomic mass is 16.2. The Kier molecular flexibility index (Phi) is 3.13. The molecule has 104 valence electrons. The van der Waals surface area contributed by atoms with Crippen molar-refractivity contribution in [3.8, 4) is 6.07 Å². The van der Waals surface area contributed by atoms with Crippen molar-refractivity contribution >= 4 is 11.6 Å². The van der Waals surface area contributed by atoms with Crippen LogP contribution in [0.15, 0.2) is 24.3 Å². The van der Waals surface area contributed by atoms with Crippen LogP contribution in [0.5, 0.6) is 0 Å². The lowest BCUT2D eigenvalue weighted by Gasteiger charge is -2.25. The Morgan fingerprint density at radius 2 is 2.25 bits per heavy atom. The summed E-state index contributed by atoms with van der Waals surface area (Å²) in [6.45, 7) is 3.04.